The summed E-state index contributed by atoms with van der Waals surface area (Å²) in [6, 6.07) is 11.6. The van der Waals surface area contributed by atoms with Crippen LogP contribution in [-0.4, -0.2) is 5.84 Å². The van der Waals surface area contributed by atoms with Gasteiger partial charge < -0.3 is 11.1 Å². The number of halogens is 3. The van der Waals surface area contributed by atoms with E-state index < -0.39 is 11.7 Å². The molecule has 0 saturated heterocycles. The van der Waals surface area contributed by atoms with Gasteiger partial charge in [0.1, 0.15) is 0 Å². The maximum absolute atomic E-state index is 12.5. The number of rotatable bonds is 4. The van der Waals surface area contributed by atoms with E-state index in [9.17, 15) is 13.2 Å². The molecule has 116 valence electrons. The molecule has 0 spiro atoms. The van der Waals surface area contributed by atoms with E-state index in [4.69, 9.17) is 11.6 Å². The van der Waals surface area contributed by atoms with Gasteiger partial charge in [-0.1, -0.05) is 12.1 Å². The van der Waals surface area contributed by atoms with Crippen molar-refractivity contribution in [2.45, 2.75) is 6.18 Å². The molecule has 0 unspecified atom stereocenters. The van der Waals surface area contributed by atoms with Crippen molar-refractivity contribution in [1.82, 2.24) is 5.53 Å². The summed E-state index contributed by atoms with van der Waals surface area (Å²) in [6.07, 6.45) is -4.36. The van der Waals surface area contributed by atoms with E-state index in [1.807, 2.05) is 0 Å². The molecular weight excluding hydrogens is 295 g/mol. The molecule has 0 amide bonds. The zero-order valence-corrected chi connectivity index (χ0v) is 11.4. The van der Waals surface area contributed by atoms with Gasteiger partial charge in [-0.15, -0.1) is 5.10 Å². The van der Waals surface area contributed by atoms with Crippen LogP contribution in [0, 0.1) is 0 Å². The number of amidine groups is 1. The lowest BCUT2D eigenvalue weighted by Gasteiger charge is -2.12. The fourth-order valence-corrected chi connectivity index (χ4v) is 1.84. The number of benzene rings is 2. The Hall–Kier alpha value is -2.74. The number of alkyl halides is 3. The summed E-state index contributed by atoms with van der Waals surface area (Å²) in [5.41, 5.74) is 8.80. The summed E-state index contributed by atoms with van der Waals surface area (Å²) in [6.45, 7) is 0. The molecule has 0 atom stereocenters. The number of nitrogens with zero attached hydrogens (tertiary/aromatic N) is 1. The highest BCUT2D eigenvalue weighted by molar-refractivity contribution is 6.02. The minimum absolute atomic E-state index is 0.150. The topological polar surface area (TPSA) is 88.5 Å². The van der Waals surface area contributed by atoms with Crippen molar-refractivity contribution in [1.29, 1.82) is 0 Å². The molecule has 0 radical (unpaired) electrons. The van der Waals surface area contributed by atoms with Crippen LogP contribution >= 0.6 is 0 Å². The Morgan fingerprint density at radius 3 is 2.23 bits per heavy atom. The largest absolute Gasteiger partial charge is 0.416 e. The van der Waals surface area contributed by atoms with E-state index in [1.165, 1.54) is 12.1 Å². The van der Waals surface area contributed by atoms with Crippen molar-refractivity contribution >= 4 is 17.2 Å². The van der Waals surface area contributed by atoms with Gasteiger partial charge in [-0.05, 0) is 36.4 Å². The highest BCUT2D eigenvalue weighted by Crippen LogP contribution is 2.30. The fourth-order valence-electron chi connectivity index (χ4n) is 1.84. The standard InChI is InChI=1S/C14H14F3N5/c15-14(16,17)9-5-7-10(8-6-9)20-12-4-2-1-3-11(12)13(18)21-22-19/h1-8,20,22H,19H2,(H2,18,21). The van der Waals surface area contributed by atoms with Crippen LogP contribution in [-0.2, 0) is 6.18 Å². The first kappa shape index (κ1) is 15.6. The van der Waals surface area contributed by atoms with E-state index in [0.29, 0.717) is 16.9 Å². The van der Waals surface area contributed by atoms with Gasteiger partial charge in [-0.25, -0.2) is 11.4 Å². The number of anilines is 2. The molecule has 0 aliphatic carbocycles. The first-order chi connectivity index (χ1) is 10.4. The van der Waals surface area contributed by atoms with Crippen molar-refractivity contribution in [3.63, 3.8) is 0 Å². The number of hydrogen-bond donors (Lipinski definition) is 4. The summed E-state index contributed by atoms with van der Waals surface area (Å²) in [7, 11) is 0. The molecular formula is C14H14F3N5. The lowest BCUT2D eigenvalue weighted by atomic mass is 10.1. The first-order valence-corrected chi connectivity index (χ1v) is 6.24. The van der Waals surface area contributed by atoms with Crippen LogP contribution < -0.4 is 22.4 Å². The molecule has 0 aromatic heterocycles. The van der Waals surface area contributed by atoms with Gasteiger partial charge in [-0.3, -0.25) is 0 Å². The molecule has 0 saturated carbocycles. The molecule has 0 heterocycles. The highest BCUT2D eigenvalue weighted by Gasteiger charge is 2.29. The molecule has 8 heteroatoms. The second kappa shape index (κ2) is 6.35. The summed E-state index contributed by atoms with van der Waals surface area (Å²) in [4.78, 5) is 0. The smallest absolute Gasteiger partial charge is 0.382 e. The molecule has 6 N–H and O–H groups in total. The number of para-hydroxylation sites is 1. The Morgan fingerprint density at radius 1 is 1.00 bits per heavy atom. The minimum Gasteiger partial charge on any atom is -0.382 e. The predicted octanol–water partition coefficient (Wildman–Crippen LogP) is 2.53. The third kappa shape index (κ3) is 3.67. The summed E-state index contributed by atoms with van der Waals surface area (Å²) in [5, 5.41) is 6.67. The maximum Gasteiger partial charge on any atom is 0.416 e. The fraction of sp³-hybridized carbons (Fsp3) is 0.0714. The van der Waals surface area contributed by atoms with Crippen molar-refractivity contribution < 1.29 is 13.2 Å². The van der Waals surface area contributed by atoms with Crippen LogP contribution in [0.3, 0.4) is 0 Å². The summed E-state index contributed by atoms with van der Waals surface area (Å²) < 4.78 is 37.6. The van der Waals surface area contributed by atoms with Gasteiger partial charge in [0.2, 0.25) is 0 Å². The van der Waals surface area contributed by atoms with Crippen molar-refractivity contribution in [3.05, 3.63) is 59.7 Å². The summed E-state index contributed by atoms with van der Waals surface area (Å²) in [5.74, 6) is 5.23. The van der Waals surface area contributed by atoms with Crippen molar-refractivity contribution in [3.8, 4) is 0 Å². The van der Waals surface area contributed by atoms with E-state index in [1.54, 1.807) is 24.3 Å². The Morgan fingerprint density at radius 2 is 1.64 bits per heavy atom. The second-order valence-corrected chi connectivity index (χ2v) is 4.37. The number of hydrogen-bond acceptors (Lipinski definition) is 4. The SMILES string of the molecule is NN/N=C(\N)c1ccccc1Nc1ccc(C(F)(F)F)cc1. The minimum atomic E-state index is -4.36. The second-order valence-electron chi connectivity index (χ2n) is 4.37. The normalized spacial score (nSPS) is 12.1. The third-order valence-corrected chi connectivity index (χ3v) is 2.88. The van der Waals surface area contributed by atoms with E-state index >= 15 is 0 Å². The average molecular weight is 309 g/mol. The van der Waals surface area contributed by atoms with E-state index in [0.717, 1.165) is 12.1 Å². The van der Waals surface area contributed by atoms with Crippen molar-refractivity contribution in [2.75, 3.05) is 5.32 Å². The van der Waals surface area contributed by atoms with E-state index in [-0.39, 0.29) is 5.84 Å². The van der Waals surface area contributed by atoms with Crippen LogP contribution in [0.15, 0.2) is 53.6 Å². The molecule has 2 rings (SSSR count). The average Bonchev–Trinajstić information content (AvgIpc) is 2.47. The Bertz CT molecular complexity index is 665. The first-order valence-electron chi connectivity index (χ1n) is 6.24. The molecule has 22 heavy (non-hydrogen) atoms. The predicted molar refractivity (Wildman–Crippen MR) is 79.2 cm³/mol. The van der Waals surface area contributed by atoms with Crippen molar-refractivity contribution in [2.24, 2.45) is 16.7 Å². The quantitative estimate of drug-likeness (QED) is 0.302. The number of hydrazine groups is 1. The molecule has 2 aromatic rings. The summed E-state index contributed by atoms with van der Waals surface area (Å²) >= 11 is 0. The molecule has 0 aliphatic rings. The van der Waals surface area contributed by atoms with Gasteiger partial charge in [0.05, 0.1) is 5.56 Å². The van der Waals surface area contributed by atoms with Gasteiger partial charge in [0.15, 0.2) is 5.84 Å². The highest BCUT2D eigenvalue weighted by atomic mass is 19.4. The van der Waals surface area contributed by atoms with Gasteiger partial charge in [-0.2, -0.15) is 13.2 Å². The van der Waals surface area contributed by atoms with Crippen LogP contribution in [0.4, 0.5) is 24.5 Å². The molecule has 0 fully saturated rings. The maximum atomic E-state index is 12.5. The van der Waals surface area contributed by atoms with Gasteiger partial charge >= 0.3 is 6.18 Å². The zero-order valence-electron chi connectivity index (χ0n) is 11.4. The Labute approximate surface area is 124 Å². The van der Waals surface area contributed by atoms with Crippen LogP contribution in [0.5, 0.6) is 0 Å². The third-order valence-electron chi connectivity index (χ3n) is 2.88. The monoisotopic (exact) mass is 309 g/mol. The van der Waals surface area contributed by atoms with Crippen LogP contribution in [0.2, 0.25) is 0 Å². The number of nitrogens with one attached hydrogen (secondary N) is 2. The van der Waals surface area contributed by atoms with E-state index in [2.05, 4.69) is 16.0 Å². The molecule has 0 bridgehead atoms. The van der Waals surface area contributed by atoms with Gasteiger partial charge in [0.25, 0.3) is 0 Å². The number of nitrogens with two attached hydrogens (primary N) is 2. The Kier molecular flexibility index (Phi) is 4.52. The molecule has 5 nitrogen and oxygen atoms in total. The zero-order chi connectivity index (χ0) is 16.2. The van der Waals surface area contributed by atoms with Crippen LogP contribution in [0.1, 0.15) is 11.1 Å². The lowest BCUT2D eigenvalue weighted by molar-refractivity contribution is -0.137. The van der Waals surface area contributed by atoms with Crippen LogP contribution in [0.25, 0.3) is 0 Å². The number of hydrazone groups is 1. The van der Waals surface area contributed by atoms with Gasteiger partial charge in [0, 0.05) is 16.9 Å². The lowest BCUT2D eigenvalue weighted by Crippen LogP contribution is -2.23. The molecule has 2 aromatic carbocycles. The Balaban J connectivity index is 2.26. The molecule has 0 aliphatic heterocycles.